The van der Waals surface area contributed by atoms with Gasteiger partial charge in [0.25, 0.3) is 12.3 Å². The van der Waals surface area contributed by atoms with E-state index in [4.69, 9.17) is 4.74 Å². The quantitative estimate of drug-likeness (QED) is 0.686. The molecule has 1 rings (SSSR count). The van der Waals surface area contributed by atoms with Crippen LogP contribution in [-0.2, 0) is 4.74 Å². The number of amides is 1. The zero-order valence-corrected chi connectivity index (χ0v) is 11.5. The second-order valence-electron chi connectivity index (χ2n) is 4.19. The molecule has 6 heteroatoms. The number of halogens is 2. The smallest absolute Gasteiger partial charge is 0.261 e. The van der Waals surface area contributed by atoms with Crippen molar-refractivity contribution in [1.82, 2.24) is 5.32 Å². The largest absolute Gasteiger partial charge is 0.384 e. The maximum atomic E-state index is 12.0. The number of nitrogens with one attached hydrogen (secondary N) is 2. The van der Waals surface area contributed by atoms with Crippen molar-refractivity contribution in [2.24, 2.45) is 0 Å². The highest BCUT2D eigenvalue weighted by molar-refractivity contribution is 5.99. The first-order valence-corrected chi connectivity index (χ1v) is 6.62. The van der Waals surface area contributed by atoms with Crippen LogP contribution < -0.4 is 10.6 Å². The van der Waals surface area contributed by atoms with Crippen LogP contribution in [0.4, 0.5) is 14.5 Å². The van der Waals surface area contributed by atoms with E-state index in [1.165, 1.54) is 0 Å². The molecule has 20 heavy (non-hydrogen) atoms. The minimum Gasteiger partial charge on any atom is -0.384 e. The summed E-state index contributed by atoms with van der Waals surface area (Å²) in [5, 5.41) is 5.81. The number of carbonyl (C=O) groups is 1. The van der Waals surface area contributed by atoms with E-state index in [1.54, 1.807) is 12.1 Å². The molecular weight excluding hydrogens is 266 g/mol. The summed E-state index contributed by atoms with van der Waals surface area (Å²) < 4.78 is 28.4. The Morgan fingerprint density at radius 1 is 1.30 bits per heavy atom. The molecule has 0 saturated carbocycles. The van der Waals surface area contributed by atoms with E-state index in [0.717, 1.165) is 18.7 Å². The van der Waals surface area contributed by atoms with Gasteiger partial charge in [-0.2, -0.15) is 0 Å². The Balaban J connectivity index is 2.42. The van der Waals surface area contributed by atoms with Crippen molar-refractivity contribution >= 4 is 11.6 Å². The van der Waals surface area contributed by atoms with Gasteiger partial charge in [-0.15, -0.1) is 0 Å². The van der Waals surface area contributed by atoms with Gasteiger partial charge in [-0.1, -0.05) is 19.1 Å². The standard InChI is InChI=1S/C14H20F2N2O2/c1-2-7-17-12-6-4-3-5-11(12)14(19)18-8-9-20-10-13(15)16/h3-6,13,17H,2,7-10H2,1H3,(H,18,19). The maximum Gasteiger partial charge on any atom is 0.261 e. The number of carbonyl (C=O) groups excluding carboxylic acids is 1. The molecule has 0 fully saturated rings. The van der Waals surface area contributed by atoms with Crippen LogP contribution in [0.2, 0.25) is 0 Å². The van der Waals surface area contributed by atoms with Gasteiger partial charge in [-0.05, 0) is 18.6 Å². The van der Waals surface area contributed by atoms with Crippen LogP contribution in [0, 0.1) is 0 Å². The Morgan fingerprint density at radius 2 is 2.05 bits per heavy atom. The third-order valence-electron chi connectivity index (χ3n) is 2.51. The molecule has 1 aromatic rings. The van der Waals surface area contributed by atoms with Gasteiger partial charge < -0.3 is 15.4 Å². The van der Waals surface area contributed by atoms with Crippen LogP contribution in [0.3, 0.4) is 0 Å². The molecule has 0 atom stereocenters. The van der Waals surface area contributed by atoms with Crippen LogP contribution in [0.15, 0.2) is 24.3 Å². The molecule has 0 aliphatic heterocycles. The Bertz CT molecular complexity index is 414. The number of anilines is 1. The number of rotatable bonds is 9. The fourth-order valence-corrected chi connectivity index (χ4v) is 1.60. The predicted octanol–water partition coefficient (Wildman–Crippen LogP) is 2.52. The number of benzene rings is 1. The Morgan fingerprint density at radius 3 is 2.75 bits per heavy atom. The Labute approximate surface area is 117 Å². The lowest BCUT2D eigenvalue weighted by atomic mass is 10.1. The molecule has 0 radical (unpaired) electrons. The van der Waals surface area contributed by atoms with Gasteiger partial charge in [0.15, 0.2) is 0 Å². The van der Waals surface area contributed by atoms with Gasteiger partial charge in [0.2, 0.25) is 0 Å². The van der Waals surface area contributed by atoms with Gasteiger partial charge in [-0.3, -0.25) is 4.79 Å². The topological polar surface area (TPSA) is 50.4 Å². The lowest BCUT2D eigenvalue weighted by molar-refractivity contribution is 0.0188. The van der Waals surface area contributed by atoms with Gasteiger partial charge in [0.1, 0.15) is 6.61 Å². The normalized spacial score (nSPS) is 10.6. The second-order valence-corrected chi connectivity index (χ2v) is 4.19. The SMILES string of the molecule is CCCNc1ccccc1C(=O)NCCOCC(F)F. The molecule has 0 aliphatic carbocycles. The average Bonchev–Trinajstić information content (AvgIpc) is 2.44. The summed E-state index contributed by atoms with van der Waals surface area (Å²) in [4.78, 5) is 12.0. The number of ether oxygens (including phenoxy) is 1. The number of alkyl halides is 2. The molecule has 0 aliphatic rings. The molecule has 0 saturated heterocycles. The van der Waals surface area contributed by atoms with E-state index in [1.807, 2.05) is 19.1 Å². The van der Waals surface area contributed by atoms with E-state index >= 15 is 0 Å². The molecule has 112 valence electrons. The Kier molecular flexibility index (Phi) is 7.57. The van der Waals surface area contributed by atoms with Gasteiger partial charge in [-0.25, -0.2) is 8.78 Å². The highest BCUT2D eigenvalue weighted by Crippen LogP contribution is 2.14. The fraction of sp³-hybridized carbons (Fsp3) is 0.500. The molecule has 2 N–H and O–H groups in total. The predicted molar refractivity (Wildman–Crippen MR) is 74.4 cm³/mol. The first-order chi connectivity index (χ1) is 9.65. The summed E-state index contributed by atoms with van der Waals surface area (Å²) in [5.74, 6) is -0.246. The van der Waals surface area contributed by atoms with Crippen LogP contribution >= 0.6 is 0 Å². The van der Waals surface area contributed by atoms with Crippen LogP contribution in [-0.4, -0.2) is 38.6 Å². The van der Waals surface area contributed by atoms with Gasteiger partial charge in [0, 0.05) is 18.8 Å². The molecule has 1 amide bonds. The zero-order chi connectivity index (χ0) is 14.8. The summed E-state index contributed by atoms with van der Waals surface area (Å²) >= 11 is 0. The summed E-state index contributed by atoms with van der Waals surface area (Å²) in [6.07, 6.45) is -1.53. The van der Waals surface area contributed by atoms with E-state index in [2.05, 4.69) is 10.6 Å². The fourth-order valence-electron chi connectivity index (χ4n) is 1.60. The second kappa shape index (κ2) is 9.25. The van der Waals surface area contributed by atoms with Crippen molar-refractivity contribution < 1.29 is 18.3 Å². The van der Waals surface area contributed by atoms with Gasteiger partial charge in [0.05, 0.1) is 12.2 Å². The first-order valence-electron chi connectivity index (χ1n) is 6.62. The minimum atomic E-state index is -2.48. The summed E-state index contributed by atoms with van der Waals surface area (Å²) in [6.45, 7) is 2.48. The van der Waals surface area contributed by atoms with Crippen molar-refractivity contribution in [2.75, 3.05) is 31.6 Å². The van der Waals surface area contributed by atoms with Crippen LogP contribution in [0.1, 0.15) is 23.7 Å². The molecule has 1 aromatic carbocycles. The maximum absolute atomic E-state index is 12.0. The summed E-state index contributed by atoms with van der Waals surface area (Å²) in [7, 11) is 0. The van der Waals surface area contributed by atoms with E-state index in [0.29, 0.717) is 5.56 Å². The third kappa shape index (κ3) is 5.97. The summed E-state index contributed by atoms with van der Waals surface area (Å²) in [5.41, 5.74) is 1.30. The van der Waals surface area contributed by atoms with Gasteiger partial charge >= 0.3 is 0 Å². The molecule has 0 bridgehead atoms. The molecule has 0 unspecified atom stereocenters. The average molecular weight is 286 g/mol. The summed E-state index contributed by atoms with van der Waals surface area (Å²) in [6, 6.07) is 7.17. The van der Waals surface area contributed by atoms with Crippen LogP contribution in [0.5, 0.6) is 0 Å². The number of para-hydroxylation sites is 1. The first kappa shape index (κ1) is 16.4. The number of hydrogen-bond acceptors (Lipinski definition) is 3. The molecule has 4 nitrogen and oxygen atoms in total. The van der Waals surface area contributed by atoms with Crippen molar-refractivity contribution in [3.05, 3.63) is 29.8 Å². The highest BCUT2D eigenvalue weighted by Gasteiger charge is 2.10. The van der Waals surface area contributed by atoms with E-state index in [-0.39, 0.29) is 19.1 Å². The molecule has 0 heterocycles. The minimum absolute atomic E-state index is 0.0701. The van der Waals surface area contributed by atoms with Crippen molar-refractivity contribution in [2.45, 2.75) is 19.8 Å². The van der Waals surface area contributed by atoms with Crippen LogP contribution in [0.25, 0.3) is 0 Å². The third-order valence-corrected chi connectivity index (χ3v) is 2.51. The zero-order valence-electron chi connectivity index (χ0n) is 11.5. The lowest BCUT2D eigenvalue weighted by Crippen LogP contribution is -2.28. The molecular formula is C14H20F2N2O2. The molecule has 0 spiro atoms. The van der Waals surface area contributed by atoms with E-state index < -0.39 is 13.0 Å². The monoisotopic (exact) mass is 286 g/mol. The van der Waals surface area contributed by atoms with Crippen molar-refractivity contribution in [1.29, 1.82) is 0 Å². The van der Waals surface area contributed by atoms with Crippen molar-refractivity contribution in [3.63, 3.8) is 0 Å². The van der Waals surface area contributed by atoms with E-state index in [9.17, 15) is 13.6 Å². The number of hydrogen-bond donors (Lipinski definition) is 2. The molecule has 0 aromatic heterocycles. The van der Waals surface area contributed by atoms with Crippen molar-refractivity contribution in [3.8, 4) is 0 Å². The Hall–Kier alpha value is -1.69. The highest BCUT2D eigenvalue weighted by atomic mass is 19.3. The lowest BCUT2D eigenvalue weighted by Gasteiger charge is -2.11.